The molecule has 0 N–H and O–H groups in total. The summed E-state index contributed by atoms with van der Waals surface area (Å²) >= 11 is 0. The normalized spacial score (nSPS) is 15.4. The molecule has 0 radical (unpaired) electrons. The lowest BCUT2D eigenvalue weighted by molar-refractivity contribution is 0.0374. The van der Waals surface area contributed by atoms with E-state index in [1.165, 1.54) is 12.1 Å². The van der Waals surface area contributed by atoms with Crippen LogP contribution in [-0.4, -0.2) is 37.7 Å². The third-order valence-electron chi connectivity index (χ3n) is 4.06. The summed E-state index contributed by atoms with van der Waals surface area (Å²) in [6.45, 7) is 4.55. The van der Waals surface area contributed by atoms with Crippen LogP contribution in [0.25, 0.3) is 0 Å². The van der Waals surface area contributed by atoms with Crippen LogP contribution in [0.5, 0.6) is 11.5 Å². The van der Waals surface area contributed by atoms with Crippen LogP contribution in [0.1, 0.15) is 12.0 Å². The van der Waals surface area contributed by atoms with E-state index in [1.807, 2.05) is 24.3 Å². The van der Waals surface area contributed by atoms with Crippen LogP contribution in [0.3, 0.4) is 0 Å². The van der Waals surface area contributed by atoms with Crippen LogP contribution in [0.4, 0.5) is 8.78 Å². The average molecular weight is 333 g/mol. The van der Waals surface area contributed by atoms with E-state index in [2.05, 4.69) is 4.90 Å². The Balaban J connectivity index is 1.62. The van der Waals surface area contributed by atoms with Crippen molar-refractivity contribution in [2.24, 2.45) is 0 Å². The van der Waals surface area contributed by atoms with Crippen molar-refractivity contribution in [1.82, 2.24) is 4.90 Å². The van der Waals surface area contributed by atoms with E-state index in [0.717, 1.165) is 57.3 Å². The Kier molecular flexibility index (Phi) is 5.77. The fraction of sp³-hybridized carbons (Fsp3) is 0.368. The van der Waals surface area contributed by atoms with E-state index in [1.54, 1.807) is 0 Å². The molecule has 5 heteroatoms. The van der Waals surface area contributed by atoms with Crippen molar-refractivity contribution in [3.8, 4) is 11.5 Å². The quantitative estimate of drug-likeness (QED) is 0.797. The molecule has 3 rings (SSSR count). The van der Waals surface area contributed by atoms with E-state index in [-0.39, 0.29) is 5.75 Å². The Hall–Kier alpha value is -1.98. The van der Waals surface area contributed by atoms with Gasteiger partial charge in [-0.2, -0.15) is 0 Å². The second-order valence-corrected chi connectivity index (χ2v) is 5.87. The van der Waals surface area contributed by atoms with Crippen molar-refractivity contribution in [3.63, 3.8) is 0 Å². The molecule has 1 saturated heterocycles. The molecule has 2 aromatic rings. The number of hydrogen-bond donors (Lipinski definition) is 0. The SMILES string of the molecule is Fc1cc(F)cc(Oc2ccccc2CCCN2CCOCC2)c1. The van der Waals surface area contributed by atoms with Gasteiger partial charge in [-0.15, -0.1) is 0 Å². The topological polar surface area (TPSA) is 21.7 Å². The molecule has 0 saturated carbocycles. The number of hydrogen-bond acceptors (Lipinski definition) is 3. The van der Waals surface area contributed by atoms with E-state index < -0.39 is 11.6 Å². The van der Waals surface area contributed by atoms with E-state index in [9.17, 15) is 8.78 Å². The molecule has 0 aromatic heterocycles. The van der Waals surface area contributed by atoms with Crippen LogP contribution < -0.4 is 4.74 Å². The van der Waals surface area contributed by atoms with E-state index in [4.69, 9.17) is 9.47 Å². The van der Waals surface area contributed by atoms with Crippen molar-refractivity contribution < 1.29 is 18.3 Å². The zero-order valence-electron chi connectivity index (χ0n) is 13.5. The first-order chi connectivity index (χ1) is 11.7. The summed E-state index contributed by atoms with van der Waals surface area (Å²) in [5.74, 6) is -0.470. The van der Waals surface area contributed by atoms with Gasteiger partial charge in [-0.1, -0.05) is 18.2 Å². The highest BCUT2D eigenvalue weighted by atomic mass is 19.1. The third-order valence-corrected chi connectivity index (χ3v) is 4.06. The van der Waals surface area contributed by atoms with Gasteiger partial charge in [0.1, 0.15) is 23.1 Å². The summed E-state index contributed by atoms with van der Waals surface area (Å²) < 4.78 is 37.7. The highest BCUT2D eigenvalue weighted by molar-refractivity contribution is 5.38. The predicted octanol–water partition coefficient (Wildman–Crippen LogP) is 4.02. The molecule has 1 heterocycles. The average Bonchev–Trinajstić information content (AvgIpc) is 2.56. The molecule has 0 bridgehead atoms. The van der Waals surface area contributed by atoms with Crippen LogP contribution in [0.15, 0.2) is 42.5 Å². The van der Waals surface area contributed by atoms with Crippen molar-refractivity contribution in [2.45, 2.75) is 12.8 Å². The third kappa shape index (κ3) is 4.76. The van der Waals surface area contributed by atoms with Gasteiger partial charge in [-0.3, -0.25) is 4.90 Å². The molecule has 0 spiro atoms. The largest absolute Gasteiger partial charge is 0.457 e. The van der Waals surface area contributed by atoms with Gasteiger partial charge >= 0.3 is 0 Å². The maximum Gasteiger partial charge on any atom is 0.133 e. The van der Waals surface area contributed by atoms with Crippen LogP contribution >= 0.6 is 0 Å². The molecule has 3 nitrogen and oxygen atoms in total. The maximum atomic E-state index is 13.3. The molecule has 128 valence electrons. The highest BCUT2D eigenvalue weighted by Gasteiger charge is 2.11. The Morgan fingerprint density at radius 3 is 2.46 bits per heavy atom. The number of benzene rings is 2. The maximum absolute atomic E-state index is 13.3. The zero-order valence-corrected chi connectivity index (χ0v) is 13.5. The molecule has 2 aromatic carbocycles. The minimum absolute atomic E-state index is 0.174. The van der Waals surface area contributed by atoms with Gasteiger partial charge in [0, 0.05) is 31.3 Å². The smallest absolute Gasteiger partial charge is 0.133 e. The second-order valence-electron chi connectivity index (χ2n) is 5.87. The summed E-state index contributed by atoms with van der Waals surface area (Å²) in [7, 11) is 0. The Morgan fingerprint density at radius 1 is 1.00 bits per heavy atom. The number of nitrogens with zero attached hydrogens (tertiary/aromatic N) is 1. The van der Waals surface area contributed by atoms with Gasteiger partial charge in [0.25, 0.3) is 0 Å². The van der Waals surface area contributed by atoms with Crippen molar-refractivity contribution >= 4 is 0 Å². The molecule has 1 aliphatic heterocycles. The number of morpholine rings is 1. The number of aryl methyl sites for hydroxylation is 1. The van der Waals surface area contributed by atoms with Crippen molar-refractivity contribution in [2.75, 3.05) is 32.8 Å². The lowest BCUT2D eigenvalue weighted by atomic mass is 10.1. The van der Waals surface area contributed by atoms with Gasteiger partial charge in [0.05, 0.1) is 13.2 Å². The predicted molar refractivity (Wildman–Crippen MR) is 88.5 cm³/mol. The molecule has 0 amide bonds. The number of ether oxygens (including phenoxy) is 2. The highest BCUT2D eigenvalue weighted by Crippen LogP contribution is 2.27. The first kappa shape index (κ1) is 16.9. The Labute approximate surface area is 140 Å². The van der Waals surface area contributed by atoms with Gasteiger partial charge in [-0.25, -0.2) is 8.78 Å². The zero-order chi connectivity index (χ0) is 16.8. The molecule has 0 aliphatic carbocycles. The number of halogens is 2. The second kappa shape index (κ2) is 8.22. The van der Waals surface area contributed by atoms with Gasteiger partial charge in [0.15, 0.2) is 0 Å². The Morgan fingerprint density at radius 2 is 1.71 bits per heavy atom. The summed E-state index contributed by atoms with van der Waals surface area (Å²) in [5, 5.41) is 0. The summed E-state index contributed by atoms with van der Waals surface area (Å²) in [5.41, 5.74) is 1.04. The van der Waals surface area contributed by atoms with E-state index >= 15 is 0 Å². The molecular formula is C19H21F2NO2. The molecule has 0 unspecified atom stereocenters. The molecule has 1 aliphatic rings. The Bertz CT molecular complexity index is 652. The first-order valence-corrected chi connectivity index (χ1v) is 8.23. The monoisotopic (exact) mass is 333 g/mol. The van der Waals surface area contributed by atoms with Crippen LogP contribution in [0, 0.1) is 11.6 Å². The lowest BCUT2D eigenvalue weighted by Gasteiger charge is -2.26. The summed E-state index contributed by atoms with van der Waals surface area (Å²) in [4.78, 5) is 2.38. The van der Waals surface area contributed by atoms with Gasteiger partial charge in [0.2, 0.25) is 0 Å². The number of rotatable bonds is 6. The van der Waals surface area contributed by atoms with Crippen LogP contribution in [0.2, 0.25) is 0 Å². The minimum atomic E-state index is -0.644. The number of para-hydroxylation sites is 1. The fourth-order valence-electron chi connectivity index (χ4n) is 2.84. The summed E-state index contributed by atoms with van der Waals surface area (Å²) in [6.07, 6.45) is 1.85. The standard InChI is InChI=1S/C19H21F2NO2/c20-16-12-17(21)14-18(13-16)24-19-6-2-1-4-15(19)5-3-7-22-8-10-23-11-9-22/h1-2,4,6,12-14H,3,5,7-11H2. The fourth-order valence-corrected chi connectivity index (χ4v) is 2.84. The molecule has 24 heavy (non-hydrogen) atoms. The summed E-state index contributed by atoms with van der Waals surface area (Å²) in [6, 6.07) is 10.8. The molecule has 1 fully saturated rings. The minimum Gasteiger partial charge on any atom is -0.457 e. The van der Waals surface area contributed by atoms with Gasteiger partial charge < -0.3 is 9.47 Å². The molecular weight excluding hydrogens is 312 g/mol. The first-order valence-electron chi connectivity index (χ1n) is 8.23. The molecule has 0 atom stereocenters. The van der Waals surface area contributed by atoms with Crippen molar-refractivity contribution in [1.29, 1.82) is 0 Å². The van der Waals surface area contributed by atoms with Gasteiger partial charge in [-0.05, 0) is 31.0 Å². The van der Waals surface area contributed by atoms with E-state index in [0.29, 0.717) is 5.75 Å². The lowest BCUT2D eigenvalue weighted by Crippen LogP contribution is -2.36. The van der Waals surface area contributed by atoms with Crippen molar-refractivity contribution in [3.05, 3.63) is 59.7 Å². The van der Waals surface area contributed by atoms with Crippen LogP contribution in [-0.2, 0) is 11.2 Å².